The second kappa shape index (κ2) is 9.56. The summed E-state index contributed by atoms with van der Waals surface area (Å²) < 4.78 is 28.5. The Morgan fingerprint density at radius 1 is 0.919 bits per heavy atom. The third-order valence-electron chi connectivity index (χ3n) is 6.25. The summed E-state index contributed by atoms with van der Waals surface area (Å²) in [5.74, 6) is -0.261. The molecule has 0 atom stereocenters. The second-order valence-corrected chi connectivity index (χ2v) is 10.4. The van der Waals surface area contributed by atoms with Crippen LogP contribution in [0.1, 0.15) is 10.4 Å². The number of non-ortho nitro benzene ring substituents is 1. The van der Waals surface area contributed by atoms with Crippen molar-refractivity contribution in [3.05, 3.63) is 105 Å². The molecule has 1 saturated heterocycles. The number of hydrogen-bond acceptors (Lipinski definition) is 7. The normalized spacial score (nSPS) is 14.5. The van der Waals surface area contributed by atoms with Crippen molar-refractivity contribution in [2.75, 3.05) is 26.2 Å². The highest BCUT2D eigenvalue weighted by Gasteiger charge is 2.31. The molecule has 1 fully saturated rings. The van der Waals surface area contributed by atoms with Crippen LogP contribution in [0.5, 0.6) is 0 Å². The summed E-state index contributed by atoms with van der Waals surface area (Å²) in [6.07, 6.45) is 1.45. The first-order valence-corrected chi connectivity index (χ1v) is 12.8. The zero-order valence-electron chi connectivity index (χ0n) is 19.4. The maximum Gasteiger partial charge on any atom is 0.270 e. The van der Waals surface area contributed by atoms with Crippen molar-refractivity contribution in [1.29, 1.82) is 0 Å². The van der Waals surface area contributed by atoms with Gasteiger partial charge in [-0.1, -0.05) is 18.2 Å². The highest BCUT2D eigenvalue weighted by atomic mass is 32.2. The number of nitro benzene ring substituents is 1. The molecule has 1 aliphatic rings. The number of piperazine rings is 1. The van der Waals surface area contributed by atoms with E-state index in [2.05, 4.69) is 4.98 Å². The number of nitrogens with zero attached hydrogens (tertiary/aromatic N) is 5. The number of fused-ring (bicyclic) bond motifs is 1. The van der Waals surface area contributed by atoms with Crippen LogP contribution in [0.3, 0.4) is 0 Å². The molecule has 0 bridgehead atoms. The predicted molar refractivity (Wildman–Crippen MR) is 135 cm³/mol. The van der Waals surface area contributed by atoms with E-state index in [1.54, 1.807) is 47.4 Å². The Labute approximate surface area is 211 Å². The van der Waals surface area contributed by atoms with Gasteiger partial charge in [-0.2, -0.15) is 4.31 Å². The van der Waals surface area contributed by atoms with Gasteiger partial charge in [0.2, 0.25) is 10.0 Å². The summed E-state index contributed by atoms with van der Waals surface area (Å²) in [4.78, 5) is 41.9. The first-order chi connectivity index (χ1) is 17.8. The van der Waals surface area contributed by atoms with Gasteiger partial charge in [-0.15, -0.1) is 0 Å². The topological polar surface area (TPSA) is 136 Å². The van der Waals surface area contributed by atoms with Crippen LogP contribution >= 0.6 is 0 Å². The summed E-state index contributed by atoms with van der Waals surface area (Å²) in [6.45, 7) is 0.464. The molecule has 2 heterocycles. The lowest BCUT2D eigenvalue weighted by molar-refractivity contribution is -0.385. The Kier molecular flexibility index (Phi) is 6.27. The van der Waals surface area contributed by atoms with Crippen molar-refractivity contribution >= 4 is 32.5 Å². The zero-order chi connectivity index (χ0) is 26.2. The molecule has 0 saturated carbocycles. The van der Waals surface area contributed by atoms with Crippen LogP contribution in [0.4, 0.5) is 5.69 Å². The summed E-state index contributed by atoms with van der Waals surface area (Å²) in [5.41, 5.74) is 1.04. The number of nitro groups is 1. The number of sulfonamides is 1. The number of amides is 1. The van der Waals surface area contributed by atoms with Crippen molar-refractivity contribution in [2.24, 2.45) is 0 Å². The number of para-hydroxylation sites is 1. The lowest BCUT2D eigenvalue weighted by Crippen LogP contribution is -2.50. The van der Waals surface area contributed by atoms with E-state index >= 15 is 0 Å². The quantitative estimate of drug-likeness (QED) is 0.292. The van der Waals surface area contributed by atoms with Crippen LogP contribution in [-0.4, -0.2) is 64.2 Å². The molecule has 0 spiro atoms. The molecule has 0 aliphatic carbocycles. The molecule has 5 rings (SSSR count). The van der Waals surface area contributed by atoms with Crippen LogP contribution in [0.15, 0.2) is 88.8 Å². The van der Waals surface area contributed by atoms with E-state index in [-0.39, 0.29) is 48.2 Å². The highest BCUT2D eigenvalue weighted by Crippen LogP contribution is 2.22. The van der Waals surface area contributed by atoms with E-state index in [1.807, 2.05) is 6.07 Å². The molecule has 1 aromatic heterocycles. The second-order valence-electron chi connectivity index (χ2n) is 8.43. The molecule has 37 heavy (non-hydrogen) atoms. The first kappa shape index (κ1) is 24.3. The molecule has 1 amide bonds. The first-order valence-electron chi connectivity index (χ1n) is 11.4. The Morgan fingerprint density at radius 2 is 1.62 bits per heavy atom. The predicted octanol–water partition coefficient (Wildman–Crippen LogP) is 2.44. The molecule has 0 N–H and O–H groups in total. The number of rotatable bonds is 5. The molecule has 0 unspecified atom stereocenters. The van der Waals surface area contributed by atoms with Gasteiger partial charge in [0.1, 0.15) is 6.33 Å². The smallest absolute Gasteiger partial charge is 0.270 e. The van der Waals surface area contributed by atoms with Crippen LogP contribution in [0, 0.1) is 10.1 Å². The van der Waals surface area contributed by atoms with E-state index in [0.29, 0.717) is 22.2 Å². The van der Waals surface area contributed by atoms with E-state index in [1.165, 1.54) is 33.4 Å². The van der Waals surface area contributed by atoms with Crippen LogP contribution in [0.2, 0.25) is 0 Å². The minimum Gasteiger partial charge on any atom is -0.336 e. The van der Waals surface area contributed by atoms with E-state index in [9.17, 15) is 28.1 Å². The van der Waals surface area contributed by atoms with Gasteiger partial charge in [0, 0.05) is 43.9 Å². The van der Waals surface area contributed by atoms with Gasteiger partial charge in [-0.3, -0.25) is 24.3 Å². The molecule has 0 radical (unpaired) electrons. The lowest BCUT2D eigenvalue weighted by atomic mass is 10.1. The monoisotopic (exact) mass is 519 g/mol. The fourth-order valence-electron chi connectivity index (χ4n) is 4.24. The standard InChI is InChI=1S/C25H21N5O6S/c31-24(18-8-10-19(11-9-18)29-17-26-23-7-2-1-6-22(23)25(29)32)27-12-14-28(15-13-27)37(35,36)21-5-3-4-20(16-21)30(33)34/h1-11,16-17H,12-15H2. The third kappa shape index (κ3) is 4.59. The fraction of sp³-hybridized carbons (Fsp3) is 0.160. The molecule has 11 nitrogen and oxygen atoms in total. The van der Waals surface area contributed by atoms with Crippen molar-refractivity contribution in [3.63, 3.8) is 0 Å². The zero-order valence-corrected chi connectivity index (χ0v) is 20.2. The van der Waals surface area contributed by atoms with Gasteiger partial charge >= 0.3 is 0 Å². The van der Waals surface area contributed by atoms with Crippen LogP contribution < -0.4 is 5.56 Å². The van der Waals surface area contributed by atoms with Crippen molar-refractivity contribution in [2.45, 2.75) is 4.90 Å². The maximum atomic E-state index is 13.0. The highest BCUT2D eigenvalue weighted by molar-refractivity contribution is 7.89. The molecule has 1 aliphatic heterocycles. The molecule has 3 aromatic carbocycles. The van der Waals surface area contributed by atoms with E-state index in [4.69, 9.17) is 0 Å². The summed E-state index contributed by atoms with van der Waals surface area (Å²) in [6, 6.07) is 18.5. The molecule has 188 valence electrons. The Bertz CT molecular complexity index is 1680. The molecular weight excluding hydrogens is 498 g/mol. The minimum atomic E-state index is -3.94. The summed E-state index contributed by atoms with van der Waals surface area (Å²) in [5, 5.41) is 11.5. The average molecular weight is 520 g/mol. The van der Waals surface area contributed by atoms with Gasteiger partial charge in [0.15, 0.2) is 0 Å². The molecule has 4 aromatic rings. The Hall–Kier alpha value is -4.42. The molecule has 12 heteroatoms. The van der Waals surface area contributed by atoms with Crippen LogP contribution in [-0.2, 0) is 10.0 Å². The van der Waals surface area contributed by atoms with Gasteiger partial charge in [-0.25, -0.2) is 13.4 Å². The Balaban J connectivity index is 1.28. The van der Waals surface area contributed by atoms with Gasteiger partial charge in [-0.05, 0) is 42.5 Å². The van der Waals surface area contributed by atoms with Crippen molar-refractivity contribution < 1.29 is 18.1 Å². The number of carbonyl (C=O) groups excluding carboxylic acids is 1. The van der Waals surface area contributed by atoms with Crippen molar-refractivity contribution in [3.8, 4) is 5.69 Å². The number of carbonyl (C=O) groups is 1. The third-order valence-corrected chi connectivity index (χ3v) is 8.14. The van der Waals surface area contributed by atoms with Crippen LogP contribution in [0.25, 0.3) is 16.6 Å². The minimum absolute atomic E-state index is 0.0625. The summed E-state index contributed by atoms with van der Waals surface area (Å²) in [7, 11) is -3.94. The SMILES string of the molecule is O=C(c1ccc(-n2cnc3ccccc3c2=O)cc1)N1CCN(S(=O)(=O)c2cccc([N+](=O)[O-])c2)CC1. The lowest BCUT2D eigenvalue weighted by Gasteiger charge is -2.34. The Morgan fingerprint density at radius 3 is 2.32 bits per heavy atom. The largest absolute Gasteiger partial charge is 0.336 e. The average Bonchev–Trinajstić information content (AvgIpc) is 2.93. The number of hydrogen-bond donors (Lipinski definition) is 0. The fourth-order valence-corrected chi connectivity index (χ4v) is 5.70. The van der Waals surface area contributed by atoms with Gasteiger partial charge < -0.3 is 4.90 Å². The van der Waals surface area contributed by atoms with E-state index < -0.39 is 14.9 Å². The maximum absolute atomic E-state index is 13.0. The number of benzene rings is 3. The van der Waals surface area contributed by atoms with E-state index in [0.717, 1.165) is 6.07 Å². The van der Waals surface area contributed by atoms with Crippen molar-refractivity contribution in [1.82, 2.24) is 18.8 Å². The number of aromatic nitrogens is 2. The molecular formula is C25H21N5O6S. The van der Waals surface area contributed by atoms with Gasteiger partial charge in [0.25, 0.3) is 17.2 Å². The van der Waals surface area contributed by atoms with Gasteiger partial charge in [0.05, 0.1) is 26.4 Å². The summed E-state index contributed by atoms with van der Waals surface area (Å²) >= 11 is 0.